The number of rotatable bonds is 4. The normalized spacial score (nSPS) is 16.6. The molecule has 1 fully saturated rings. The lowest BCUT2D eigenvalue weighted by molar-refractivity contribution is 0.258. The fourth-order valence-corrected chi connectivity index (χ4v) is 1.72. The van der Waals surface area contributed by atoms with Gasteiger partial charge in [-0.25, -0.2) is 0 Å². The monoisotopic (exact) mass is 229 g/mol. The smallest absolute Gasteiger partial charge is 0.0596 e. The molecule has 1 aliphatic heterocycles. The first-order chi connectivity index (χ1) is 7.78. The summed E-state index contributed by atoms with van der Waals surface area (Å²) in [7, 11) is 3.75. The van der Waals surface area contributed by atoms with Gasteiger partial charge in [0.05, 0.1) is 5.71 Å². The van der Waals surface area contributed by atoms with Crippen LogP contribution < -0.4 is 5.32 Å². The van der Waals surface area contributed by atoms with Crippen molar-refractivity contribution in [3.05, 3.63) is 0 Å². The van der Waals surface area contributed by atoms with Gasteiger partial charge in [-0.2, -0.15) is 0 Å². The van der Waals surface area contributed by atoms with Gasteiger partial charge in [0.2, 0.25) is 0 Å². The Labute approximate surface area is 99.7 Å². The molecule has 0 atom stereocenters. The predicted molar refractivity (Wildman–Crippen MR) is 69.4 cm³/mol. The molecule has 0 unspecified atom stereocenters. The Morgan fingerprint density at radius 1 is 1.25 bits per heavy atom. The van der Waals surface area contributed by atoms with Crippen molar-refractivity contribution >= 4 is 5.71 Å². The Kier molecular flexibility index (Phi) is 10.5. The number of likely N-dealkylation sites (tertiary alicyclic amines) is 1. The molecule has 0 saturated carbocycles. The van der Waals surface area contributed by atoms with Gasteiger partial charge < -0.3 is 15.4 Å². The van der Waals surface area contributed by atoms with Gasteiger partial charge in [-0.05, 0) is 27.1 Å². The summed E-state index contributed by atoms with van der Waals surface area (Å²) in [6, 6.07) is 0. The van der Waals surface area contributed by atoms with Gasteiger partial charge in [0.15, 0.2) is 0 Å². The maximum Gasteiger partial charge on any atom is 0.0596 e. The van der Waals surface area contributed by atoms with Crippen molar-refractivity contribution in [2.45, 2.75) is 39.0 Å². The third kappa shape index (κ3) is 7.65. The first-order valence-electron chi connectivity index (χ1n) is 6.29. The Morgan fingerprint density at radius 3 is 2.25 bits per heavy atom. The quantitative estimate of drug-likeness (QED) is 0.440. The first kappa shape index (κ1) is 15.4. The van der Waals surface area contributed by atoms with E-state index in [9.17, 15) is 0 Å². The standard InChI is InChI=1S/C10H20N2O.C2H7N/c1-2-3-4-7-12-8-5-10(11-13)6-9-12;1-3-2/h13H,2-9H2,1H3;3H,1-2H3. The van der Waals surface area contributed by atoms with E-state index in [1.54, 1.807) is 0 Å². The van der Waals surface area contributed by atoms with Crippen LogP contribution >= 0.6 is 0 Å². The number of hydrogen-bond acceptors (Lipinski definition) is 4. The zero-order valence-electron chi connectivity index (χ0n) is 11.0. The van der Waals surface area contributed by atoms with E-state index in [2.05, 4.69) is 22.3 Å². The van der Waals surface area contributed by atoms with Crippen molar-refractivity contribution in [3.8, 4) is 0 Å². The number of nitrogens with one attached hydrogen (secondary N) is 1. The molecule has 2 N–H and O–H groups in total. The maximum absolute atomic E-state index is 8.56. The molecule has 0 amide bonds. The van der Waals surface area contributed by atoms with E-state index >= 15 is 0 Å². The minimum absolute atomic E-state index is 0.947. The van der Waals surface area contributed by atoms with Gasteiger partial charge in [-0.3, -0.25) is 0 Å². The van der Waals surface area contributed by atoms with Crippen LogP contribution in [0.2, 0.25) is 0 Å². The molecule has 0 bridgehead atoms. The molecular weight excluding hydrogens is 202 g/mol. The SMILES string of the molecule is CCCCCN1CCC(=NO)CC1.CNC. The van der Waals surface area contributed by atoms with Gasteiger partial charge in [0, 0.05) is 25.9 Å². The van der Waals surface area contributed by atoms with Crippen LogP contribution in [0.25, 0.3) is 0 Å². The molecule has 4 nitrogen and oxygen atoms in total. The predicted octanol–water partition coefficient (Wildman–Crippen LogP) is 1.94. The summed E-state index contributed by atoms with van der Waals surface area (Å²) < 4.78 is 0. The second-order valence-electron chi connectivity index (χ2n) is 4.21. The lowest BCUT2D eigenvalue weighted by atomic mass is 10.1. The molecule has 4 heteroatoms. The van der Waals surface area contributed by atoms with Crippen molar-refractivity contribution in [1.82, 2.24) is 10.2 Å². The molecule has 0 aromatic heterocycles. The van der Waals surface area contributed by atoms with E-state index in [1.807, 2.05) is 14.1 Å². The third-order valence-corrected chi connectivity index (χ3v) is 2.65. The molecular formula is C12H27N3O. The van der Waals surface area contributed by atoms with Gasteiger partial charge in [0.1, 0.15) is 0 Å². The molecule has 16 heavy (non-hydrogen) atoms. The molecule has 1 heterocycles. The van der Waals surface area contributed by atoms with E-state index in [4.69, 9.17) is 5.21 Å². The summed E-state index contributed by atoms with van der Waals surface area (Å²) in [6.45, 7) is 5.59. The molecule has 96 valence electrons. The average molecular weight is 229 g/mol. The second-order valence-corrected chi connectivity index (χ2v) is 4.21. The Morgan fingerprint density at radius 2 is 1.81 bits per heavy atom. The zero-order chi connectivity index (χ0) is 12.2. The highest BCUT2D eigenvalue weighted by Gasteiger charge is 2.14. The number of unbranched alkanes of at least 4 members (excludes halogenated alkanes) is 2. The molecule has 0 radical (unpaired) electrons. The summed E-state index contributed by atoms with van der Waals surface area (Å²) in [4.78, 5) is 2.46. The number of nitrogens with zero attached hydrogens (tertiary/aromatic N) is 2. The van der Waals surface area contributed by atoms with Crippen molar-refractivity contribution in [2.24, 2.45) is 5.16 Å². The van der Waals surface area contributed by atoms with Crippen LogP contribution in [0.15, 0.2) is 5.16 Å². The largest absolute Gasteiger partial charge is 0.411 e. The van der Waals surface area contributed by atoms with Gasteiger partial charge in [0.25, 0.3) is 0 Å². The summed E-state index contributed by atoms with van der Waals surface area (Å²) in [5, 5.41) is 14.6. The molecule has 0 aliphatic carbocycles. The van der Waals surface area contributed by atoms with Crippen LogP contribution in [0.3, 0.4) is 0 Å². The molecule has 0 spiro atoms. The van der Waals surface area contributed by atoms with Crippen molar-refractivity contribution in [3.63, 3.8) is 0 Å². The van der Waals surface area contributed by atoms with E-state index in [-0.39, 0.29) is 0 Å². The number of piperidine rings is 1. The topological polar surface area (TPSA) is 47.9 Å². The summed E-state index contributed by atoms with van der Waals surface area (Å²) >= 11 is 0. The number of hydrogen-bond donors (Lipinski definition) is 2. The van der Waals surface area contributed by atoms with Gasteiger partial charge >= 0.3 is 0 Å². The highest BCUT2D eigenvalue weighted by Crippen LogP contribution is 2.08. The van der Waals surface area contributed by atoms with E-state index in [1.165, 1.54) is 25.8 Å². The average Bonchev–Trinajstić information content (AvgIpc) is 2.31. The van der Waals surface area contributed by atoms with E-state index < -0.39 is 0 Å². The van der Waals surface area contributed by atoms with Gasteiger partial charge in [-0.15, -0.1) is 0 Å². The highest BCUT2D eigenvalue weighted by molar-refractivity contribution is 5.84. The van der Waals surface area contributed by atoms with Crippen LogP contribution in [0.1, 0.15) is 39.0 Å². The fraction of sp³-hybridized carbons (Fsp3) is 0.917. The summed E-state index contributed by atoms with van der Waals surface area (Å²) in [5.41, 5.74) is 0.965. The molecule has 0 aromatic rings. The maximum atomic E-state index is 8.56. The Balaban J connectivity index is 0.000000673. The molecule has 1 rings (SSSR count). The zero-order valence-corrected chi connectivity index (χ0v) is 11.0. The minimum atomic E-state index is 0.947. The summed E-state index contributed by atoms with van der Waals surface area (Å²) in [6.07, 6.45) is 5.82. The molecule has 0 aromatic carbocycles. The van der Waals surface area contributed by atoms with Crippen molar-refractivity contribution in [2.75, 3.05) is 33.7 Å². The number of oxime groups is 1. The molecule has 1 saturated heterocycles. The van der Waals surface area contributed by atoms with Crippen LogP contribution in [-0.2, 0) is 0 Å². The van der Waals surface area contributed by atoms with Crippen LogP contribution in [0, 0.1) is 0 Å². The van der Waals surface area contributed by atoms with E-state index in [0.29, 0.717) is 0 Å². The first-order valence-corrected chi connectivity index (χ1v) is 6.29. The fourth-order valence-electron chi connectivity index (χ4n) is 1.72. The van der Waals surface area contributed by atoms with Gasteiger partial charge in [-0.1, -0.05) is 24.9 Å². The van der Waals surface area contributed by atoms with Crippen LogP contribution in [-0.4, -0.2) is 49.5 Å². The lowest BCUT2D eigenvalue weighted by Gasteiger charge is -2.26. The summed E-state index contributed by atoms with van der Waals surface area (Å²) in [5.74, 6) is 0. The molecule has 1 aliphatic rings. The second kappa shape index (κ2) is 10.9. The Bertz CT molecular complexity index is 173. The third-order valence-electron chi connectivity index (χ3n) is 2.65. The van der Waals surface area contributed by atoms with Crippen molar-refractivity contribution in [1.29, 1.82) is 0 Å². The Hall–Kier alpha value is -0.610. The van der Waals surface area contributed by atoms with Crippen LogP contribution in [0.4, 0.5) is 0 Å². The van der Waals surface area contributed by atoms with E-state index in [0.717, 1.165) is 31.6 Å². The van der Waals surface area contributed by atoms with Crippen molar-refractivity contribution < 1.29 is 5.21 Å². The highest BCUT2D eigenvalue weighted by atomic mass is 16.4. The lowest BCUT2D eigenvalue weighted by Crippen LogP contribution is -2.34. The minimum Gasteiger partial charge on any atom is -0.411 e. The van der Waals surface area contributed by atoms with Crippen LogP contribution in [0.5, 0.6) is 0 Å².